The highest BCUT2D eigenvalue weighted by atomic mass is 16.5. The van der Waals surface area contributed by atoms with Gasteiger partial charge in [-0.1, -0.05) is 6.42 Å². The second kappa shape index (κ2) is 5.97. The van der Waals surface area contributed by atoms with Crippen LogP contribution in [0.5, 0.6) is 0 Å². The fraction of sp³-hybridized carbons (Fsp3) is 0.615. The number of methoxy groups -OCH3 is 1. The van der Waals surface area contributed by atoms with Gasteiger partial charge >= 0.3 is 5.97 Å². The Morgan fingerprint density at radius 2 is 2.11 bits per heavy atom. The van der Waals surface area contributed by atoms with E-state index in [1.165, 1.54) is 26.1 Å². The van der Waals surface area contributed by atoms with Gasteiger partial charge in [-0.25, -0.2) is 19.8 Å². The van der Waals surface area contributed by atoms with Crippen molar-refractivity contribution in [2.75, 3.05) is 12.5 Å². The average Bonchev–Trinajstić information content (AvgIpc) is 2.42. The van der Waals surface area contributed by atoms with Crippen LogP contribution < -0.4 is 5.43 Å². The topological polar surface area (TPSA) is 67.3 Å². The molecule has 0 spiro atoms. The van der Waals surface area contributed by atoms with Crippen molar-refractivity contribution in [1.29, 1.82) is 0 Å². The molecule has 0 aliphatic carbocycles. The van der Waals surface area contributed by atoms with Gasteiger partial charge in [-0.3, -0.25) is 0 Å². The lowest BCUT2D eigenvalue weighted by Gasteiger charge is -2.39. The Morgan fingerprint density at radius 3 is 2.74 bits per heavy atom. The van der Waals surface area contributed by atoms with E-state index in [4.69, 9.17) is 4.74 Å². The summed E-state index contributed by atoms with van der Waals surface area (Å²) in [7, 11) is 1.35. The Morgan fingerprint density at radius 1 is 1.42 bits per heavy atom. The largest absolute Gasteiger partial charge is 0.465 e. The summed E-state index contributed by atoms with van der Waals surface area (Å²) >= 11 is 0. The molecule has 0 radical (unpaired) electrons. The van der Waals surface area contributed by atoms with E-state index >= 15 is 0 Å². The standard InChI is InChI=1S/C13H20N4O2/c1-9-5-4-6-10(2)17(9)16-12-11(13(18)19-3)7-14-8-15-12/h7-10H,4-6H2,1-3H3,(H,14,15,16). The van der Waals surface area contributed by atoms with Crippen LogP contribution in [0.2, 0.25) is 0 Å². The number of carbonyl (C=O) groups is 1. The van der Waals surface area contributed by atoms with Crippen molar-refractivity contribution in [2.45, 2.75) is 45.2 Å². The molecule has 1 fully saturated rings. The first kappa shape index (κ1) is 13.7. The van der Waals surface area contributed by atoms with Gasteiger partial charge in [-0.05, 0) is 26.7 Å². The Balaban J connectivity index is 2.20. The molecule has 1 aromatic heterocycles. The van der Waals surface area contributed by atoms with Gasteiger partial charge in [0.1, 0.15) is 11.9 Å². The highest BCUT2D eigenvalue weighted by molar-refractivity contribution is 5.93. The molecular formula is C13H20N4O2. The number of nitrogens with zero attached hydrogens (tertiary/aromatic N) is 3. The van der Waals surface area contributed by atoms with Gasteiger partial charge in [0.05, 0.1) is 7.11 Å². The lowest BCUT2D eigenvalue weighted by Crippen LogP contribution is -2.47. The molecule has 1 saturated heterocycles. The van der Waals surface area contributed by atoms with Crippen molar-refractivity contribution in [1.82, 2.24) is 15.0 Å². The fourth-order valence-electron chi connectivity index (χ4n) is 2.44. The van der Waals surface area contributed by atoms with E-state index in [0.717, 1.165) is 12.8 Å². The first-order valence-corrected chi connectivity index (χ1v) is 6.56. The number of hydrogen-bond donors (Lipinski definition) is 1. The summed E-state index contributed by atoms with van der Waals surface area (Å²) in [6.45, 7) is 4.34. The fourth-order valence-corrected chi connectivity index (χ4v) is 2.44. The third kappa shape index (κ3) is 3.01. The van der Waals surface area contributed by atoms with Gasteiger partial charge in [0.2, 0.25) is 0 Å². The van der Waals surface area contributed by atoms with Crippen molar-refractivity contribution in [3.8, 4) is 0 Å². The van der Waals surface area contributed by atoms with Gasteiger partial charge in [-0.2, -0.15) is 0 Å². The molecule has 6 heteroatoms. The van der Waals surface area contributed by atoms with Crippen LogP contribution in [-0.4, -0.2) is 40.1 Å². The minimum atomic E-state index is -0.430. The van der Waals surface area contributed by atoms with Gasteiger partial charge < -0.3 is 10.2 Å². The summed E-state index contributed by atoms with van der Waals surface area (Å²) in [6.07, 6.45) is 6.40. The number of rotatable bonds is 3. The lowest BCUT2D eigenvalue weighted by molar-refractivity contribution is 0.0599. The minimum Gasteiger partial charge on any atom is -0.465 e. The van der Waals surface area contributed by atoms with Crippen LogP contribution in [0.4, 0.5) is 5.82 Å². The molecule has 2 heterocycles. The third-order valence-electron chi connectivity index (χ3n) is 3.55. The highest BCUT2D eigenvalue weighted by Crippen LogP contribution is 2.23. The molecule has 6 nitrogen and oxygen atoms in total. The molecule has 1 aliphatic heterocycles. The van der Waals surface area contributed by atoms with Crippen molar-refractivity contribution >= 4 is 11.8 Å². The summed E-state index contributed by atoms with van der Waals surface area (Å²) in [6, 6.07) is 0.813. The molecule has 1 aliphatic rings. The van der Waals surface area contributed by atoms with Crippen LogP contribution in [0.25, 0.3) is 0 Å². The Kier molecular flexibility index (Phi) is 4.31. The molecular weight excluding hydrogens is 244 g/mol. The number of carbonyl (C=O) groups excluding carboxylic acids is 1. The van der Waals surface area contributed by atoms with Crippen molar-refractivity contribution in [2.24, 2.45) is 0 Å². The Hall–Kier alpha value is -1.69. The first-order chi connectivity index (χ1) is 9.13. The lowest BCUT2D eigenvalue weighted by atomic mass is 10.00. The molecule has 0 amide bonds. The normalized spacial score (nSPS) is 23.9. The van der Waals surface area contributed by atoms with E-state index in [1.807, 2.05) is 0 Å². The summed E-state index contributed by atoms with van der Waals surface area (Å²) in [5.41, 5.74) is 3.60. The van der Waals surface area contributed by atoms with E-state index in [1.54, 1.807) is 0 Å². The molecule has 0 aromatic carbocycles. The van der Waals surface area contributed by atoms with Gasteiger partial charge in [0, 0.05) is 18.3 Å². The molecule has 0 saturated carbocycles. The molecule has 1 N–H and O–H groups in total. The maximum atomic E-state index is 11.7. The number of piperidine rings is 1. The Bertz CT molecular complexity index is 442. The van der Waals surface area contributed by atoms with Crippen LogP contribution in [0.3, 0.4) is 0 Å². The number of anilines is 1. The summed E-state index contributed by atoms with van der Waals surface area (Å²) in [4.78, 5) is 19.7. The molecule has 1 aromatic rings. The van der Waals surface area contributed by atoms with E-state index in [2.05, 4.69) is 34.3 Å². The van der Waals surface area contributed by atoms with E-state index < -0.39 is 5.97 Å². The van der Waals surface area contributed by atoms with Crippen molar-refractivity contribution in [3.05, 3.63) is 18.1 Å². The van der Waals surface area contributed by atoms with Gasteiger partial charge in [0.15, 0.2) is 5.82 Å². The van der Waals surface area contributed by atoms with Gasteiger partial charge in [0.25, 0.3) is 0 Å². The number of nitrogens with one attached hydrogen (secondary N) is 1. The van der Waals surface area contributed by atoms with Crippen molar-refractivity contribution in [3.63, 3.8) is 0 Å². The monoisotopic (exact) mass is 264 g/mol. The zero-order chi connectivity index (χ0) is 13.8. The summed E-state index contributed by atoms with van der Waals surface area (Å²) in [5.74, 6) is 0.0721. The number of esters is 1. The zero-order valence-corrected chi connectivity index (χ0v) is 11.6. The SMILES string of the molecule is COC(=O)c1cncnc1NN1C(C)CCCC1C. The second-order valence-electron chi connectivity index (χ2n) is 4.92. The predicted octanol–water partition coefficient (Wildman–Crippen LogP) is 1.85. The number of aromatic nitrogens is 2. The van der Waals surface area contributed by atoms with E-state index in [-0.39, 0.29) is 0 Å². The third-order valence-corrected chi connectivity index (χ3v) is 3.55. The molecule has 0 bridgehead atoms. The molecule has 2 unspecified atom stereocenters. The smallest absolute Gasteiger partial charge is 0.343 e. The molecule has 2 rings (SSSR count). The molecule has 104 valence electrons. The van der Waals surface area contributed by atoms with Crippen molar-refractivity contribution < 1.29 is 9.53 Å². The van der Waals surface area contributed by atoms with Crippen LogP contribution in [0.15, 0.2) is 12.5 Å². The van der Waals surface area contributed by atoms with E-state index in [0.29, 0.717) is 23.5 Å². The maximum absolute atomic E-state index is 11.7. The number of ether oxygens (including phenoxy) is 1. The van der Waals surface area contributed by atoms with Gasteiger partial charge in [-0.15, -0.1) is 0 Å². The molecule has 19 heavy (non-hydrogen) atoms. The molecule has 2 atom stereocenters. The Labute approximate surface area is 113 Å². The predicted molar refractivity (Wildman–Crippen MR) is 71.6 cm³/mol. The minimum absolute atomic E-state index is 0.356. The zero-order valence-electron chi connectivity index (χ0n) is 11.6. The van der Waals surface area contributed by atoms with E-state index in [9.17, 15) is 4.79 Å². The van der Waals surface area contributed by atoms with Crippen LogP contribution in [0.1, 0.15) is 43.5 Å². The summed E-state index contributed by atoms with van der Waals surface area (Å²) in [5, 5.41) is 2.15. The average molecular weight is 264 g/mol. The number of hydrazine groups is 1. The van der Waals surface area contributed by atoms with Crippen LogP contribution >= 0.6 is 0 Å². The highest BCUT2D eigenvalue weighted by Gasteiger charge is 2.26. The summed E-state index contributed by atoms with van der Waals surface area (Å²) < 4.78 is 4.74. The second-order valence-corrected chi connectivity index (χ2v) is 4.92. The first-order valence-electron chi connectivity index (χ1n) is 6.56. The van der Waals surface area contributed by atoms with Crippen LogP contribution in [0, 0.1) is 0 Å². The van der Waals surface area contributed by atoms with Crippen LogP contribution in [-0.2, 0) is 4.74 Å². The maximum Gasteiger partial charge on any atom is 0.343 e. The number of hydrogen-bond acceptors (Lipinski definition) is 6. The quantitative estimate of drug-likeness (QED) is 0.840.